The van der Waals surface area contributed by atoms with Crippen molar-refractivity contribution in [2.75, 3.05) is 13.1 Å². The quantitative estimate of drug-likeness (QED) is 0.479. The predicted octanol–water partition coefficient (Wildman–Crippen LogP) is 4.08. The van der Waals surface area contributed by atoms with E-state index in [0.717, 1.165) is 72.3 Å². The van der Waals surface area contributed by atoms with Crippen LogP contribution in [0.25, 0.3) is 21.3 Å². The number of imidazole rings is 1. The number of H-pyrrole nitrogens is 2. The Morgan fingerprint density at radius 2 is 1.91 bits per heavy atom. The van der Waals surface area contributed by atoms with Crippen molar-refractivity contribution >= 4 is 38.5 Å². The smallest absolute Gasteiger partial charge is 0.259 e. The number of para-hydroxylation sites is 2. The maximum Gasteiger partial charge on any atom is 0.259 e. The lowest BCUT2D eigenvalue weighted by atomic mass is 9.96. The van der Waals surface area contributed by atoms with E-state index in [9.17, 15) is 9.59 Å². The molecule has 1 aromatic carbocycles. The average Bonchev–Trinajstić information content (AvgIpc) is 3.44. The molecule has 1 saturated heterocycles. The van der Waals surface area contributed by atoms with Gasteiger partial charge in [0.05, 0.1) is 16.4 Å². The summed E-state index contributed by atoms with van der Waals surface area (Å²) in [4.78, 5) is 45.5. The molecule has 1 aliphatic carbocycles. The van der Waals surface area contributed by atoms with Crippen molar-refractivity contribution in [1.82, 2.24) is 24.8 Å². The number of hydrogen-bond acceptors (Lipinski definition) is 5. The number of amides is 1. The summed E-state index contributed by atoms with van der Waals surface area (Å²) in [5.74, 6) is 2.13. The zero-order valence-electron chi connectivity index (χ0n) is 18.5. The minimum atomic E-state index is -0.0477. The summed E-state index contributed by atoms with van der Waals surface area (Å²) in [6.45, 7) is 1.47. The number of carbonyl (C=O) groups excluding carboxylic acids is 1. The first-order valence-electron chi connectivity index (χ1n) is 11.9. The molecule has 2 aliphatic rings. The number of aryl methyl sites for hydroxylation is 3. The predicted molar refractivity (Wildman–Crippen MR) is 130 cm³/mol. The van der Waals surface area contributed by atoms with Gasteiger partial charge in [0.2, 0.25) is 5.91 Å². The van der Waals surface area contributed by atoms with Gasteiger partial charge in [-0.3, -0.25) is 9.59 Å². The Balaban J connectivity index is 1.09. The van der Waals surface area contributed by atoms with Crippen molar-refractivity contribution in [3.05, 3.63) is 56.7 Å². The van der Waals surface area contributed by atoms with Crippen LogP contribution in [-0.4, -0.2) is 43.8 Å². The number of piperidine rings is 1. The molecule has 1 aliphatic heterocycles. The van der Waals surface area contributed by atoms with Gasteiger partial charge in [0.25, 0.3) is 5.56 Å². The molecule has 7 nitrogen and oxygen atoms in total. The minimum absolute atomic E-state index is 0.0477. The molecule has 1 amide bonds. The Labute approximate surface area is 195 Å². The number of rotatable bonds is 4. The van der Waals surface area contributed by atoms with Gasteiger partial charge in [-0.25, -0.2) is 9.97 Å². The largest absolute Gasteiger partial charge is 0.343 e. The van der Waals surface area contributed by atoms with Crippen LogP contribution < -0.4 is 5.56 Å². The first-order chi connectivity index (χ1) is 16.2. The number of aromatic amines is 2. The lowest BCUT2D eigenvalue weighted by molar-refractivity contribution is -0.132. The highest BCUT2D eigenvalue weighted by molar-refractivity contribution is 7.18. The number of carbonyl (C=O) groups is 1. The van der Waals surface area contributed by atoms with Gasteiger partial charge in [0, 0.05) is 36.7 Å². The summed E-state index contributed by atoms with van der Waals surface area (Å²) in [6.07, 6.45) is 7.01. The van der Waals surface area contributed by atoms with Gasteiger partial charge in [-0.1, -0.05) is 12.1 Å². The van der Waals surface area contributed by atoms with E-state index in [1.54, 1.807) is 11.3 Å². The molecule has 8 heteroatoms. The second-order valence-electron chi connectivity index (χ2n) is 9.20. The van der Waals surface area contributed by atoms with E-state index in [-0.39, 0.29) is 11.5 Å². The summed E-state index contributed by atoms with van der Waals surface area (Å²) in [5.41, 5.74) is 3.21. The summed E-state index contributed by atoms with van der Waals surface area (Å²) >= 11 is 1.65. The van der Waals surface area contributed by atoms with Crippen molar-refractivity contribution in [2.24, 2.45) is 0 Å². The maximum atomic E-state index is 12.8. The third kappa shape index (κ3) is 3.86. The van der Waals surface area contributed by atoms with Crippen LogP contribution in [0.1, 0.15) is 60.1 Å². The molecule has 0 bridgehead atoms. The van der Waals surface area contributed by atoms with E-state index in [1.165, 1.54) is 16.9 Å². The van der Waals surface area contributed by atoms with Gasteiger partial charge in [-0.15, -0.1) is 11.3 Å². The van der Waals surface area contributed by atoms with Crippen LogP contribution in [0.4, 0.5) is 0 Å². The molecule has 0 atom stereocenters. The number of likely N-dealkylation sites (tertiary alicyclic amines) is 1. The van der Waals surface area contributed by atoms with Crippen molar-refractivity contribution < 1.29 is 4.79 Å². The standard InChI is InChI=1S/C25H27N5O2S/c31-21(30-13-11-15(12-14-30)23-26-17-6-2-3-7-18(17)27-23)10-9-20-28-24(32)22-16-5-1-4-8-19(16)33-25(22)29-20/h2-3,6-7,15H,1,4-5,8-14H2,(H,26,27)(H,28,29,32). The molecule has 0 unspecified atom stereocenters. The molecule has 6 rings (SSSR count). The fourth-order valence-electron chi connectivity index (χ4n) is 5.28. The van der Waals surface area contributed by atoms with Crippen molar-refractivity contribution in [3.8, 4) is 0 Å². The third-order valence-electron chi connectivity index (χ3n) is 7.09. The molecule has 33 heavy (non-hydrogen) atoms. The van der Waals surface area contributed by atoms with E-state index >= 15 is 0 Å². The Kier molecular flexibility index (Phi) is 5.25. The molecular weight excluding hydrogens is 434 g/mol. The number of fused-ring (bicyclic) bond motifs is 4. The lowest BCUT2D eigenvalue weighted by Crippen LogP contribution is -2.38. The lowest BCUT2D eigenvalue weighted by Gasteiger charge is -2.31. The molecule has 0 saturated carbocycles. The zero-order chi connectivity index (χ0) is 22.4. The molecule has 0 radical (unpaired) electrons. The van der Waals surface area contributed by atoms with Gasteiger partial charge < -0.3 is 14.9 Å². The monoisotopic (exact) mass is 461 g/mol. The molecule has 170 valence electrons. The first-order valence-corrected chi connectivity index (χ1v) is 12.7. The normalized spacial score (nSPS) is 17.0. The maximum absolute atomic E-state index is 12.8. The highest BCUT2D eigenvalue weighted by atomic mass is 32.1. The number of hydrogen-bond donors (Lipinski definition) is 2. The highest BCUT2D eigenvalue weighted by Gasteiger charge is 2.26. The van der Waals surface area contributed by atoms with Gasteiger partial charge in [-0.05, 0) is 56.2 Å². The topological polar surface area (TPSA) is 94.7 Å². The van der Waals surface area contributed by atoms with E-state index in [2.05, 4.69) is 9.97 Å². The van der Waals surface area contributed by atoms with Crippen LogP contribution in [-0.2, 0) is 24.1 Å². The number of benzene rings is 1. The van der Waals surface area contributed by atoms with Crippen LogP contribution >= 0.6 is 11.3 Å². The van der Waals surface area contributed by atoms with Crippen molar-refractivity contribution in [2.45, 2.75) is 57.3 Å². The van der Waals surface area contributed by atoms with Gasteiger partial charge in [-0.2, -0.15) is 0 Å². The Morgan fingerprint density at radius 3 is 2.76 bits per heavy atom. The third-order valence-corrected chi connectivity index (χ3v) is 8.28. The minimum Gasteiger partial charge on any atom is -0.343 e. The molecule has 4 heterocycles. The van der Waals surface area contributed by atoms with E-state index in [0.29, 0.717) is 24.6 Å². The summed E-state index contributed by atoms with van der Waals surface area (Å²) in [7, 11) is 0. The summed E-state index contributed by atoms with van der Waals surface area (Å²) in [6, 6.07) is 8.08. The highest BCUT2D eigenvalue weighted by Crippen LogP contribution is 2.33. The second-order valence-corrected chi connectivity index (χ2v) is 10.3. The molecule has 0 spiro atoms. The number of nitrogens with one attached hydrogen (secondary N) is 2. The van der Waals surface area contributed by atoms with Crippen LogP contribution in [0.2, 0.25) is 0 Å². The van der Waals surface area contributed by atoms with Crippen LogP contribution in [0.3, 0.4) is 0 Å². The van der Waals surface area contributed by atoms with E-state index in [1.807, 2.05) is 29.2 Å². The second kappa shape index (κ2) is 8.41. The van der Waals surface area contributed by atoms with E-state index < -0.39 is 0 Å². The van der Waals surface area contributed by atoms with Gasteiger partial charge >= 0.3 is 0 Å². The summed E-state index contributed by atoms with van der Waals surface area (Å²) < 4.78 is 0. The van der Waals surface area contributed by atoms with Crippen molar-refractivity contribution in [3.63, 3.8) is 0 Å². The number of aromatic nitrogens is 4. The van der Waals surface area contributed by atoms with Crippen LogP contribution in [0.15, 0.2) is 29.1 Å². The molecule has 4 aromatic rings. The fourth-order valence-corrected chi connectivity index (χ4v) is 6.56. The molecule has 2 N–H and O–H groups in total. The van der Waals surface area contributed by atoms with Crippen LogP contribution in [0.5, 0.6) is 0 Å². The Morgan fingerprint density at radius 1 is 1.09 bits per heavy atom. The average molecular weight is 462 g/mol. The Hall–Kier alpha value is -3.00. The molecule has 3 aromatic heterocycles. The zero-order valence-corrected chi connectivity index (χ0v) is 19.3. The SMILES string of the molecule is O=C(CCc1nc2sc3c(c2c(=O)[nH]1)CCCC3)N1CCC(c2nc3ccccc3[nH]2)CC1. The van der Waals surface area contributed by atoms with Crippen molar-refractivity contribution in [1.29, 1.82) is 0 Å². The molecule has 1 fully saturated rings. The van der Waals surface area contributed by atoms with Gasteiger partial charge in [0.15, 0.2) is 0 Å². The number of thiophene rings is 1. The number of nitrogens with zero attached hydrogens (tertiary/aromatic N) is 3. The van der Waals surface area contributed by atoms with Crippen LogP contribution in [0, 0.1) is 0 Å². The summed E-state index contributed by atoms with van der Waals surface area (Å²) in [5, 5.41) is 0.775. The molecular formula is C25H27N5O2S. The Bertz CT molecular complexity index is 1360. The van der Waals surface area contributed by atoms with Gasteiger partial charge in [0.1, 0.15) is 16.5 Å². The fraction of sp³-hybridized carbons (Fsp3) is 0.440. The first kappa shape index (κ1) is 20.6. The van der Waals surface area contributed by atoms with E-state index in [4.69, 9.17) is 9.97 Å².